The molecule has 0 atom stereocenters. The minimum absolute atomic E-state index is 0.280. The van der Waals surface area contributed by atoms with Crippen molar-refractivity contribution >= 4 is 29.3 Å². The molecular weight excluding hydrogens is 468 g/mol. The molecule has 0 unspecified atom stereocenters. The molecule has 0 bridgehead atoms. The molecule has 1 amide bonds. The number of hydrazine groups is 1. The summed E-state index contributed by atoms with van der Waals surface area (Å²) >= 11 is 0. The Morgan fingerprint density at radius 3 is 2.54 bits per heavy atom. The minimum atomic E-state index is 0.280. The van der Waals surface area contributed by atoms with Crippen LogP contribution in [0.1, 0.15) is 32.3 Å². The molecule has 1 aliphatic carbocycles. The highest BCUT2D eigenvalue weighted by Gasteiger charge is 2.26. The third-order valence-electron chi connectivity index (χ3n) is 5.94. The van der Waals surface area contributed by atoms with Gasteiger partial charge in [0.1, 0.15) is 24.8 Å². The standard InChI is InChI=1S/C23H27N7O.C4H9NO/c1-27-18-6-4-17(5-7-18)23-21(13-24)20-9-8-19(31-11-10-30(26)28-15-25)12-22(20)29(23)14-16-2-3-16;1-4(2)5-3-6/h4-9,12,15-16,27H,2-3,10-11,14,26H2,1H3,(H2,25,28);3-4H,1-2H3,(H,5,6). The highest BCUT2D eigenvalue weighted by molar-refractivity contribution is 5.95. The number of nitriles is 1. The lowest BCUT2D eigenvalue weighted by molar-refractivity contribution is -0.109. The molecule has 37 heavy (non-hydrogen) atoms. The number of anilines is 1. The van der Waals surface area contributed by atoms with Gasteiger partial charge in [0.05, 0.1) is 23.3 Å². The quantitative estimate of drug-likeness (QED) is 0.103. The van der Waals surface area contributed by atoms with E-state index in [0.29, 0.717) is 31.0 Å². The average Bonchev–Trinajstić information content (AvgIpc) is 3.66. The van der Waals surface area contributed by atoms with Crippen LogP contribution in [-0.4, -0.2) is 48.7 Å². The van der Waals surface area contributed by atoms with Gasteiger partial charge < -0.3 is 25.7 Å². The van der Waals surface area contributed by atoms with Gasteiger partial charge in [0.2, 0.25) is 6.41 Å². The van der Waals surface area contributed by atoms with Crippen LogP contribution in [0.4, 0.5) is 5.69 Å². The normalized spacial score (nSPS) is 12.6. The van der Waals surface area contributed by atoms with Gasteiger partial charge in [-0.3, -0.25) is 4.79 Å². The van der Waals surface area contributed by atoms with Gasteiger partial charge in [-0.15, -0.1) is 0 Å². The number of nitrogens with one attached hydrogen (secondary N) is 2. The highest BCUT2D eigenvalue weighted by Crippen LogP contribution is 2.39. The number of rotatable bonds is 11. The predicted molar refractivity (Wildman–Crippen MR) is 148 cm³/mol. The van der Waals surface area contributed by atoms with Gasteiger partial charge in [-0.25, -0.2) is 11.0 Å². The second-order valence-electron chi connectivity index (χ2n) is 9.11. The summed E-state index contributed by atoms with van der Waals surface area (Å²) in [4.78, 5) is 9.50. The molecule has 10 nitrogen and oxygen atoms in total. The van der Waals surface area contributed by atoms with Crippen LogP contribution in [0.5, 0.6) is 5.75 Å². The third-order valence-corrected chi connectivity index (χ3v) is 5.94. The van der Waals surface area contributed by atoms with E-state index < -0.39 is 0 Å². The summed E-state index contributed by atoms with van der Waals surface area (Å²) < 4.78 is 8.16. The molecule has 0 saturated heterocycles. The Hall–Kier alpha value is -4.23. The summed E-state index contributed by atoms with van der Waals surface area (Å²) in [6, 6.07) is 16.8. The molecule has 1 heterocycles. The molecular formula is C27H36N8O2. The molecule has 2 aromatic carbocycles. The zero-order valence-electron chi connectivity index (χ0n) is 21.6. The Labute approximate surface area is 217 Å². The van der Waals surface area contributed by atoms with Gasteiger partial charge in [-0.05, 0) is 62.4 Å². The van der Waals surface area contributed by atoms with Crippen LogP contribution >= 0.6 is 0 Å². The van der Waals surface area contributed by atoms with Crippen LogP contribution < -0.4 is 26.9 Å². The van der Waals surface area contributed by atoms with E-state index in [1.165, 1.54) is 18.0 Å². The molecule has 1 aliphatic rings. The summed E-state index contributed by atoms with van der Waals surface area (Å²) in [6.07, 6.45) is 4.29. The summed E-state index contributed by atoms with van der Waals surface area (Å²) in [5, 5.41) is 21.6. The maximum absolute atomic E-state index is 10.0. The van der Waals surface area contributed by atoms with Gasteiger partial charge in [-0.2, -0.15) is 10.4 Å². The number of carbonyl (C=O) groups is 1. The first-order valence-electron chi connectivity index (χ1n) is 12.3. The van der Waals surface area contributed by atoms with E-state index >= 15 is 0 Å². The number of nitrogens with zero attached hydrogens (tertiary/aromatic N) is 4. The number of carbonyl (C=O) groups excluding carboxylic acids is 1. The number of nitrogens with two attached hydrogens (primary N) is 2. The van der Waals surface area contributed by atoms with E-state index in [1.54, 1.807) is 0 Å². The fourth-order valence-electron chi connectivity index (χ4n) is 3.91. The number of hydrazone groups is 1. The molecule has 3 aromatic rings. The Balaban J connectivity index is 0.000000568. The lowest BCUT2D eigenvalue weighted by atomic mass is 10.1. The smallest absolute Gasteiger partial charge is 0.207 e. The van der Waals surface area contributed by atoms with Crippen molar-refractivity contribution in [1.29, 1.82) is 5.26 Å². The van der Waals surface area contributed by atoms with E-state index in [2.05, 4.69) is 38.5 Å². The first kappa shape index (κ1) is 27.4. The summed E-state index contributed by atoms with van der Waals surface area (Å²) in [6.45, 7) is 5.49. The van der Waals surface area contributed by atoms with Crippen molar-refractivity contribution in [1.82, 2.24) is 15.0 Å². The van der Waals surface area contributed by atoms with E-state index in [1.807, 2.05) is 51.2 Å². The average molecular weight is 505 g/mol. The van der Waals surface area contributed by atoms with Crippen LogP contribution in [0.25, 0.3) is 22.2 Å². The van der Waals surface area contributed by atoms with Gasteiger partial charge in [0.15, 0.2) is 0 Å². The number of hydrogen-bond donors (Lipinski definition) is 4. The molecule has 1 fully saturated rings. The summed E-state index contributed by atoms with van der Waals surface area (Å²) in [5.41, 5.74) is 9.99. The maximum Gasteiger partial charge on any atom is 0.207 e. The van der Waals surface area contributed by atoms with Crippen molar-refractivity contribution in [3.63, 3.8) is 0 Å². The zero-order valence-corrected chi connectivity index (χ0v) is 21.6. The molecule has 0 radical (unpaired) electrons. The van der Waals surface area contributed by atoms with Gasteiger partial charge in [-0.1, -0.05) is 12.1 Å². The Kier molecular flexibility index (Phi) is 9.75. The largest absolute Gasteiger partial charge is 0.492 e. The number of hydrogen-bond acceptors (Lipinski definition) is 7. The first-order valence-corrected chi connectivity index (χ1v) is 12.3. The van der Waals surface area contributed by atoms with Gasteiger partial charge in [0, 0.05) is 36.8 Å². The minimum Gasteiger partial charge on any atom is -0.492 e. The van der Waals surface area contributed by atoms with E-state index in [-0.39, 0.29) is 6.04 Å². The Morgan fingerprint density at radius 1 is 1.27 bits per heavy atom. The van der Waals surface area contributed by atoms with Crippen LogP contribution in [-0.2, 0) is 11.3 Å². The van der Waals surface area contributed by atoms with Crippen molar-refractivity contribution in [2.45, 2.75) is 39.3 Å². The Bertz CT molecular complexity index is 1240. The van der Waals surface area contributed by atoms with Gasteiger partial charge >= 0.3 is 0 Å². The van der Waals surface area contributed by atoms with E-state index in [4.69, 9.17) is 16.3 Å². The monoisotopic (exact) mass is 504 g/mol. The third kappa shape index (κ3) is 7.38. The predicted octanol–water partition coefficient (Wildman–Crippen LogP) is 3.23. The summed E-state index contributed by atoms with van der Waals surface area (Å²) in [7, 11) is 1.90. The topological polar surface area (TPSA) is 147 Å². The fraction of sp³-hybridized carbons (Fsp3) is 0.370. The molecule has 10 heteroatoms. The molecule has 4 rings (SSSR count). The number of fused-ring (bicyclic) bond motifs is 1. The van der Waals surface area contributed by atoms with Gasteiger partial charge in [0.25, 0.3) is 0 Å². The molecule has 0 spiro atoms. The van der Waals surface area contributed by atoms with Crippen LogP contribution in [0, 0.1) is 17.2 Å². The number of amides is 1. The molecule has 1 aromatic heterocycles. The highest BCUT2D eigenvalue weighted by atomic mass is 16.5. The van der Waals surface area contributed by atoms with Crippen LogP contribution in [0.3, 0.4) is 0 Å². The van der Waals surface area contributed by atoms with Crippen LogP contribution in [0.2, 0.25) is 0 Å². The number of ether oxygens (including phenoxy) is 1. The SMILES string of the molecule is CC(C)NC=O.CNc1ccc(-c2c(C#N)c3ccc(OCCN(N)/N=C\N)cc3n2CC2CC2)cc1. The molecule has 0 aliphatic heterocycles. The van der Waals surface area contributed by atoms with Crippen molar-refractivity contribution in [2.75, 3.05) is 25.5 Å². The second kappa shape index (κ2) is 13.2. The molecule has 196 valence electrons. The lowest BCUT2D eigenvalue weighted by Gasteiger charge is -2.14. The van der Waals surface area contributed by atoms with Crippen molar-refractivity contribution in [3.8, 4) is 23.1 Å². The molecule has 6 N–H and O–H groups in total. The van der Waals surface area contributed by atoms with Crippen molar-refractivity contribution in [2.24, 2.45) is 22.6 Å². The zero-order chi connectivity index (χ0) is 26.8. The number of benzene rings is 2. The first-order chi connectivity index (χ1) is 17.9. The maximum atomic E-state index is 10.0. The van der Waals surface area contributed by atoms with E-state index in [0.717, 1.165) is 46.5 Å². The van der Waals surface area contributed by atoms with Crippen molar-refractivity contribution < 1.29 is 9.53 Å². The van der Waals surface area contributed by atoms with Crippen LogP contribution in [0.15, 0.2) is 47.6 Å². The lowest BCUT2D eigenvalue weighted by Crippen LogP contribution is -2.30. The number of aromatic nitrogens is 1. The Morgan fingerprint density at radius 2 is 2.00 bits per heavy atom. The summed E-state index contributed by atoms with van der Waals surface area (Å²) in [5.74, 6) is 7.07. The second-order valence-corrected chi connectivity index (χ2v) is 9.11. The fourth-order valence-corrected chi connectivity index (χ4v) is 3.91. The van der Waals surface area contributed by atoms with Crippen molar-refractivity contribution in [3.05, 3.63) is 48.0 Å². The van der Waals surface area contributed by atoms with E-state index in [9.17, 15) is 10.1 Å². The molecule has 1 saturated carbocycles.